The highest BCUT2D eigenvalue weighted by Crippen LogP contribution is 2.34. The largest absolute Gasteiger partial charge is 0.488 e. The van der Waals surface area contributed by atoms with Crippen molar-refractivity contribution in [3.05, 3.63) is 30.2 Å². The van der Waals surface area contributed by atoms with Gasteiger partial charge in [-0.15, -0.1) is 0 Å². The Morgan fingerprint density at radius 2 is 2.22 bits per heavy atom. The van der Waals surface area contributed by atoms with Crippen LogP contribution < -0.4 is 10.1 Å². The number of nitrogens with one attached hydrogen (secondary N) is 1. The molecule has 1 aromatic carbocycles. The third-order valence-electron chi connectivity index (χ3n) is 3.25. The van der Waals surface area contributed by atoms with Crippen LogP contribution in [0.3, 0.4) is 0 Å². The smallest absolute Gasteiger partial charge is 0.181 e. The van der Waals surface area contributed by atoms with E-state index >= 15 is 0 Å². The highest BCUT2D eigenvalue weighted by Gasteiger charge is 2.23. The molecule has 0 bridgehead atoms. The zero-order valence-electron chi connectivity index (χ0n) is 10.2. The molecule has 94 valence electrons. The maximum Gasteiger partial charge on any atom is 0.181 e. The quantitative estimate of drug-likeness (QED) is 0.899. The number of benzene rings is 1. The van der Waals surface area contributed by atoms with Crippen molar-refractivity contribution in [2.24, 2.45) is 5.92 Å². The first-order valence-electron chi connectivity index (χ1n) is 6.17. The Bertz CT molecular complexity index is 581. The van der Waals surface area contributed by atoms with E-state index in [9.17, 15) is 4.39 Å². The van der Waals surface area contributed by atoms with Crippen molar-refractivity contribution in [3.63, 3.8) is 0 Å². The molecule has 0 saturated heterocycles. The molecule has 4 heteroatoms. The van der Waals surface area contributed by atoms with E-state index in [1.807, 2.05) is 13.1 Å². The van der Waals surface area contributed by atoms with Crippen molar-refractivity contribution in [2.75, 3.05) is 19.0 Å². The number of pyridine rings is 1. The van der Waals surface area contributed by atoms with E-state index in [-0.39, 0.29) is 11.6 Å². The summed E-state index contributed by atoms with van der Waals surface area (Å²) in [5, 5.41) is 3.96. The fourth-order valence-corrected chi connectivity index (χ4v) is 2.01. The van der Waals surface area contributed by atoms with E-state index < -0.39 is 0 Å². The molecule has 0 aliphatic heterocycles. The number of rotatable bonds is 4. The highest BCUT2D eigenvalue weighted by atomic mass is 19.1. The van der Waals surface area contributed by atoms with Crippen LogP contribution >= 0.6 is 0 Å². The van der Waals surface area contributed by atoms with E-state index in [4.69, 9.17) is 4.74 Å². The number of halogens is 1. The van der Waals surface area contributed by atoms with Crippen LogP contribution in [0.2, 0.25) is 0 Å². The van der Waals surface area contributed by atoms with Crippen molar-refractivity contribution in [1.82, 2.24) is 4.98 Å². The summed E-state index contributed by atoms with van der Waals surface area (Å²) < 4.78 is 19.4. The Balaban J connectivity index is 2.06. The lowest BCUT2D eigenvalue weighted by molar-refractivity contribution is 0.288. The van der Waals surface area contributed by atoms with Gasteiger partial charge >= 0.3 is 0 Å². The summed E-state index contributed by atoms with van der Waals surface area (Å²) in [4.78, 5) is 4.24. The number of hydrogen-bond acceptors (Lipinski definition) is 3. The third kappa shape index (κ3) is 1.98. The minimum absolute atomic E-state index is 0.275. The van der Waals surface area contributed by atoms with Gasteiger partial charge in [-0.2, -0.15) is 0 Å². The number of ether oxygens (including phenoxy) is 1. The molecule has 1 heterocycles. The number of hydrogen-bond donors (Lipinski definition) is 1. The molecule has 0 atom stereocenters. The number of anilines is 1. The lowest BCUT2D eigenvalue weighted by Crippen LogP contribution is -2.03. The van der Waals surface area contributed by atoms with Gasteiger partial charge in [-0.25, -0.2) is 4.39 Å². The third-order valence-corrected chi connectivity index (χ3v) is 3.25. The van der Waals surface area contributed by atoms with E-state index in [0.717, 1.165) is 11.1 Å². The molecule has 2 aromatic rings. The van der Waals surface area contributed by atoms with Crippen LogP contribution in [-0.4, -0.2) is 18.6 Å². The van der Waals surface area contributed by atoms with E-state index in [2.05, 4.69) is 10.3 Å². The predicted molar refractivity (Wildman–Crippen MR) is 69.5 cm³/mol. The van der Waals surface area contributed by atoms with E-state index in [1.165, 1.54) is 18.9 Å². The Morgan fingerprint density at radius 1 is 1.39 bits per heavy atom. The second-order valence-electron chi connectivity index (χ2n) is 4.64. The van der Waals surface area contributed by atoms with Crippen LogP contribution in [-0.2, 0) is 0 Å². The van der Waals surface area contributed by atoms with Gasteiger partial charge in [0.25, 0.3) is 0 Å². The van der Waals surface area contributed by atoms with Crippen molar-refractivity contribution in [2.45, 2.75) is 12.8 Å². The maximum atomic E-state index is 13.8. The molecule has 1 aromatic heterocycles. The molecule has 18 heavy (non-hydrogen) atoms. The molecule has 0 unspecified atom stereocenters. The maximum absolute atomic E-state index is 13.8. The molecule has 0 spiro atoms. The molecular formula is C14H15FN2O. The van der Waals surface area contributed by atoms with Gasteiger partial charge in [-0.3, -0.25) is 4.98 Å². The Hall–Kier alpha value is -1.84. The first-order valence-corrected chi connectivity index (χ1v) is 6.17. The second kappa shape index (κ2) is 4.44. The lowest BCUT2D eigenvalue weighted by Gasteiger charge is -2.11. The first kappa shape index (κ1) is 11.3. The lowest BCUT2D eigenvalue weighted by atomic mass is 10.1. The molecule has 3 rings (SSSR count). The van der Waals surface area contributed by atoms with Gasteiger partial charge in [0.15, 0.2) is 11.6 Å². The van der Waals surface area contributed by atoms with Gasteiger partial charge in [0.1, 0.15) is 5.52 Å². The first-order chi connectivity index (χ1) is 8.79. The van der Waals surface area contributed by atoms with Gasteiger partial charge in [0.05, 0.1) is 6.61 Å². The summed E-state index contributed by atoms with van der Waals surface area (Å²) in [6.45, 7) is 0.585. The summed E-state index contributed by atoms with van der Waals surface area (Å²) in [6.07, 6.45) is 4.03. The van der Waals surface area contributed by atoms with Crippen LogP contribution in [0.4, 0.5) is 10.1 Å². The normalized spacial score (nSPS) is 14.8. The highest BCUT2D eigenvalue weighted by molar-refractivity contribution is 5.94. The van der Waals surface area contributed by atoms with Gasteiger partial charge in [0, 0.05) is 24.3 Å². The number of nitrogens with zero attached hydrogens (tertiary/aromatic N) is 1. The van der Waals surface area contributed by atoms with Crippen LogP contribution in [0, 0.1) is 11.7 Å². The SMILES string of the molecule is CNc1ccnc2c(OCC3CC3)c(F)ccc12. The minimum Gasteiger partial charge on any atom is -0.488 e. The van der Waals surface area contributed by atoms with Gasteiger partial charge in [-0.05, 0) is 37.0 Å². The molecule has 1 N–H and O–H groups in total. The van der Waals surface area contributed by atoms with Crippen molar-refractivity contribution in [3.8, 4) is 5.75 Å². The fourth-order valence-electron chi connectivity index (χ4n) is 2.01. The van der Waals surface area contributed by atoms with Crippen molar-refractivity contribution < 1.29 is 9.13 Å². The summed E-state index contributed by atoms with van der Waals surface area (Å²) in [7, 11) is 1.84. The summed E-state index contributed by atoms with van der Waals surface area (Å²) >= 11 is 0. The molecule has 1 aliphatic rings. The van der Waals surface area contributed by atoms with Gasteiger partial charge < -0.3 is 10.1 Å². The zero-order chi connectivity index (χ0) is 12.5. The van der Waals surface area contributed by atoms with Crippen LogP contribution in [0.25, 0.3) is 10.9 Å². The van der Waals surface area contributed by atoms with Crippen LogP contribution in [0.1, 0.15) is 12.8 Å². The standard InChI is InChI=1S/C14H15FN2O/c1-16-12-6-7-17-13-10(12)4-5-11(15)14(13)18-8-9-2-3-9/h4-7,9H,2-3,8H2,1H3,(H,16,17). The Kier molecular flexibility index (Phi) is 2.78. The summed E-state index contributed by atoms with van der Waals surface area (Å²) in [6, 6.07) is 5.03. The number of aromatic nitrogens is 1. The van der Waals surface area contributed by atoms with Gasteiger partial charge in [0.2, 0.25) is 0 Å². The van der Waals surface area contributed by atoms with E-state index in [0.29, 0.717) is 18.0 Å². The van der Waals surface area contributed by atoms with Gasteiger partial charge in [-0.1, -0.05) is 0 Å². The number of fused-ring (bicyclic) bond motifs is 1. The van der Waals surface area contributed by atoms with Crippen molar-refractivity contribution in [1.29, 1.82) is 0 Å². The van der Waals surface area contributed by atoms with Crippen molar-refractivity contribution >= 4 is 16.6 Å². The fraction of sp³-hybridized carbons (Fsp3) is 0.357. The van der Waals surface area contributed by atoms with Crippen LogP contribution in [0.15, 0.2) is 24.4 Å². The monoisotopic (exact) mass is 246 g/mol. The molecular weight excluding hydrogens is 231 g/mol. The van der Waals surface area contributed by atoms with E-state index in [1.54, 1.807) is 12.3 Å². The average Bonchev–Trinajstić information content (AvgIpc) is 3.20. The Labute approximate surface area is 105 Å². The minimum atomic E-state index is -0.344. The zero-order valence-corrected chi connectivity index (χ0v) is 10.2. The van der Waals surface area contributed by atoms with Crippen LogP contribution in [0.5, 0.6) is 5.75 Å². The topological polar surface area (TPSA) is 34.2 Å². The molecule has 3 nitrogen and oxygen atoms in total. The average molecular weight is 246 g/mol. The molecule has 1 aliphatic carbocycles. The molecule has 1 fully saturated rings. The predicted octanol–water partition coefficient (Wildman–Crippen LogP) is 3.20. The molecule has 0 radical (unpaired) electrons. The molecule has 0 amide bonds. The Morgan fingerprint density at radius 3 is 2.94 bits per heavy atom. The summed E-state index contributed by atoms with van der Waals surface area (Å²) in [5.74, 6) is 0.521. The second-order valence-corrected chi connectivity index (χ2v) is 4.64. The molecule has 1 saturated carbocycles. The summed E-state index contributed by atoms with van der Waals surface area (Å²) in [5.41, 5.74) is 1.51.